The van der Waals surface area contributed by atoms with E-state index >= 15 is 0 Å². The van der Waals surface area contributed by atoms with E-state index in [-0.39, 0.29) is 11.7 Å². The van der Waals surface area contributed by atoms with Gasteiger partial charge in [0.1, 0.15) is 12.4 Å². The number of anilines is 1. The van der Waals surface area contributed by atoms with Crippen LogP contribution in [0.2, 0.25) is 0 Å². The first-order valence-electron chi connectivity index (χ1n) is 8.87. The van der Waals surface area contributed by atoms with Crippen molar-refractivity contribution in [1.82, 2.24) is 19.5 Å². The van der Waals surface area contributed by atoms with Gasteiger partial charge in [0, 0.05) is 25.9 Å². The summed E-state index contributed by atoms with van der Waals surface area (Å²) in [6.45, 7) is 1.64. The average molecular weight is 374 g/mol. The Morgan fingerprint density at radius 2 is 2.14 bits per heavy atom. The van der Waals surface area contributed by atoms with Crippen LogP contribution in [0.1, 0.15) is 17.2 Å². The Morgan fingerprint density at radius 1 is 1.25 bits per heavy atom. The van der Waals surface area contributed by atoms with E-state index in [1.165, 1.54) is 17.0 Å². The Morgan fingerprint density at radius 3 is 2.93 bits per heavy atom. The molecule has 2 aromatic heterocycles. The number of morpholine rings is 1. The Hall–Kier alpha value is -3.57. The van der Waals surface area contributed by atoms with Crippen molar-refractivity contribution in [2.24, 2.45) is 7.05 Å². The standard InChI is InChI=1S/C20H18N6O2/c1-25-19(27)10-17(16-5-6-22-13-23-16)24-20(25)26-7-8-28-18(12-26)15-4-2-3-14(9-15)11-21/h2-6,9-10,13,18H,7-8,12H2,1H3/t18-/m0/s1. The molecule has 0 unspecified atom stereocenters. The van der Waals surface area contributed by atoms with Crippen molar-refractivity contribution >= 4 is 5.95 Å². The molecule has 4 rings (SSSR count). The van der Waals surface area contributed by atoms with Crippen LogP contribution in [-0.2, 0) is 11.8 Å². The summed E-state index contributed by atoms with van der Waals surface area (Å²) in [4.78, 5) is 27.3. The number of nitriles is 1. The van der Waals surface area contributed by atoms with Gasteiger partial charge in [0.25, 0.3) is 5.56 Å². The fraction of sp³-hybridized carbons (Fsp3) is 0.250. The van der Waals surface area contributed by atoms with Gasteiger partial charge < -0.3 is 9.64 Å². The monoisotopic (exact) mass is 374 g/mol. The molecule has 1 aliphatic rings. The summed E-state index contributed by atoms with van der Waals surface area (Å²) < 4.78 is 7.44. The van der Waals surface area contributed by atoms with Crippen LogP contribution >= 0.6 is 0 Å². The van der Waals surface area contributed by atoms with E-state index < -0.39 is 0 Å². The van der Waals surface area contributed by atoms with Gasteiger partial charge in [-0.05, 0) is 23.8 Å². The summed E-state index contributed by atoms with van der Waals surface area (Å²) in [6.07, 6.45) is 2.84. The smallest absolute Gasteiger partial charge is 0.255 e. The average Bonchev–Trinajstić information content (AvgIpc) is 2.76. The molecule has 0 spiro atoms. The zero-order valence-corrected chi connectivity index (χ0v) is 15.3. The second-order valence-electron chi connectivity index (χ2n) is 6.48. The molecule has 0 saturated carbocycles. The van der Waals surface area contributed by atoms with Crippen molar-refractivity contribution in [3.8, 4) is 17.5 Å². The van der Waals surface area contributed by atoms with E-state index in [0.29, 0.717) is 42.6 Å². The van der Waals surface area contributed by atoms with Crippen LogP contribution in [0.4, 0.5) is 5.95 Å². The van der Waals surface area contributed by atoms with Crippen molar-refractivity contribution in [1.29, 1.82) is 5.26 Å². The lowest BCUT2D eigenvalue weighted by Crippen LogP contribution is -2.41. The third kappa shape index (κ3) is 3.48. The molecule has 1 aliphatic heterocycles. The minimum absolute atomic E-state index is 0.159. The fourth-order valence-electron chi connectivity index (χ4n) is 3.22. The van der Waals surface area contributed by atoms with Gasteiger partial charge in [0.2, 0.25) is 5.95 Å². The Balaban J connectivity index is 1.67. The molecule has 1 saturated heterocycles. The molecule has 28 heavy (non-hydrogen) atoms. The zero-order valence-electron chi connectivity index (χ0n) is 15.3. The third-order valence-corrected chi connectivity index (χ3v) is 4.69. The number of aromatic nitrogens is 4. The summed E-state index contributed by atoms with van der Waals surface area (Å²) >= 11 is 0. The highest BCUT2D eigenvalue weighted by atomic mass is 16.5. The van der Waals surface area contributed by atoms with E-state index in [4.69, 9.17) is 10.00 Å². The van der Waals surface area contributed by atoms with Crippen LogP contribution in [0, 0.1) is 11.3 Å². The van der Waals surface area contributed by atoms with Crippen LogP contribution in [0.25, 0.3) is 11.4 Å². The first-order chi connectivity index (χ1) is 13.7. The van der Waals surface area contributed by atoms with Gasteiger partial charge in [-0.2, -0.15) is 5.26 Å². The molecule has 8 nitrogen and oxygen atoms in total. The van der Waals surface area contributed by atoms with Crippen LogP contribution < -0.4 is 10.5 Å². The van der Waals surface area contributed by atoms with Gasteiger partial charge >= 0.3 is 0 Å². The summed E-state index contributed by atoms with van der Waals surface area (Å²) in [7, 11) is 1.70. The number of hydrogen-bond donors (Lipinski definition) is 0. The van der Waals surface area contributed by atoms with E-state index in [9.17, 15) is 4.79 Å². The Bertz CT molecular complexity index is 1090. The summed E-state index contributed by atoms with van der Waals surface area (Å²) in [5, 5.41) is 9.14. The molecule has 140 valence electrons. The van der Waals surface area contributed by atoms with E-state index in [2.05, 4.69) is 21.0 Å². The largest absolute Gasteiger partial charge is 0.370 e. The van der Waals surface area contributed by atoms with Crippen molar-refractivity contribution in [2.45, 2.75) is 6.10 Å². The minimum atomic E-state index is -0.207. The van der Waals surface area contributed by atoms with Gasteiger partial charge in [-0.1, -0.05) is 12.1 Å². The van der Waals surface area contributed by atoms with Crippen LogP contribution in [0.5, 0.6) is 0 Å². The second-order valence-corrected chi connectivity index (χ2v) is 6.48. The summed E-state index contributed by atoms with van der Waals surface area (Å²) in [6, 6.07) is 12.7. The predicted molar refractivity (Wildman–Crippen MR) is 103 cm³/mol. The van der Waals surface area contributed by atoms with E-state index in [1.54, 1.807) is 25.4 Å². The second kappa shape index (κ2) is 7.58. The number of ether oxygens (including phenoxy) is 1. The number of benzene rings is 1. The van der Waals surface area contributed by atoms with Gasteiger partial charge in [0.05, 0.1) is 36.2 Å². The first kappa shape index (κ1) is 17.8. The third-order valence-electron chi connectivity index (χ3n) is 4.69. The lowest BCUT2D eigenvalue weighted by atomic mass is 10.1. The highest BCUT2D eigenvalue weighted by molar-refractivity contribution is 5.55. The SMILES string of the molecule is Cn1c(N2CCO[C@H](c3cccc(C#N)c3)C2)nc(-c2ccncn2)cc1=O. The van der Waals surface area contributed by atoms with Crippen molar-refractivity contribution in [2.75, 3.05) is 24.6 Å². The number of hydrogen-bond acceptors (Lipinski definition) is 7. The molecule has 1 fully saturated rings. The van der Waals surface area contributed by atoms with Crippen molar-refractivity contribution in [3.63, 3.8) is 0 Å². The zero-order chi connectivity index (χ0) is 19.5. The van der Waals surface area contributed by atoms with Crippen LogP contribution in [0.15, 0.2) is 53.7 Å². The van der Waals surface area contributed by atoms with Gasteiger partial charge in [-0.25, -0.2) is 15.0 Å². The highest BCUT2D eigenvalue weighted by Gasteiger charge is 2.25. The van der Waals surface area contributed by atoms with E-state index in [1.807, 2.05) is 23.1 Å². The molecule has 8 heteroatoms. The Kier molecular flexibility index (Phi) is 4.83. The highest BCUT2D eigenvalue weighted by Crippen LogP contribution is 2.26. The topological polar surface area (TPSA) is 96.9 Å². The normalized spacial score (nSPS) is 16.6. The van der Waals surface area contributed by atoms with Crippen molar-refractivity contribution < 1.29 is 4.74 Å². The molecule has 0 radical (unpaired) electrons. The molecule has 1 aromatic carbocycles. The first-order valence-corrected chi connectivity index (χ1v) is 8.87. The quantitative estimate of drug-likeness (QED) is 0.688. The molecule has 0 amide bonds. The maximum absolute atomic E-state index is 12.5. The molecule has 1 atom stereocenters. The molecule has 0 bridgehead atoms. The summed E-state index contributed by atoms with van der Waals surface area (Å²) in [5.41, 5.74) is 2.47. The fourth-order valence-corrected chi connectivity index (χ4v) is 3.22. The molecule has 3 heterocycles. The van der Waals surface area contributed by atoms with Crippen LogP contribution in [0.3, 0.4) is 0 Å². The molecular formula is C20H18N6O2. The van der Waals surface area contributed by atoms with E-state index in [0.717, 1.165) is 5.56 Å². The van der Waals surface area contributed by atoms with Crippen LogP contribution in [-0.4, -0.2) is 39.2 Å². The summed E-state index contributed by atoms with van der Waals surface area (Å²) in [5.74, 6) is 0.561. The van der Waals surface area contributed by atoms with Crippen molar-refractivity contribution in [3.05, 3.63) is 70.4 Å². The molecule has 3 aromatic rings. The predicted octanol–water partition coefficient (Wildman–Crippen LogP) is 1.69. The molecule has 0 aliphatic carbocycles. The minimum Gasteiger partial charge on any atom is -0.370 e. The lowest BCUT2D eigenvalue weighted by molar-refractivity contribution is 0.0389. The maximum Gasteiger partial charge on any atom is 0.255 e. The maximum atomic E-state index is 12.5. The molecular weight excluding hydrogens is 356 g/mol. The Labute approximate surface area is 161 Å². The van der Waals surface area contributed by atoms with Gasteiger partial charge in [-0.3, -0.25) is 9.36 Å². The number of nitrogens with zero attached hydrogens (tertiary/aromatic N) is 6. The number of rotatable bonds is 3. The lowest BCUT2D eigenvalue weighted by Gasteiger charge is -2.34. The molecule has 0 N–H and O–H groups in total. The van der Waals surface area contributed by atoms with Gasteiger partial charge in [-0.15, -0.1) is 0 Å². The van der Waals surface area contributed by atoms with Gasteiger partial charge in [0.15, 0.2) is 0 Å².